The van der Waals surface area contributed by atoms with Crippen molar-refractivity contribution in [3.05, 3.63) is 0 Å². The number of hydrogen-bond donors (Lipinski definition) is 2. The van der Waals surface area contributed by atoms with E-state index in [0.29, 0.717) is 0 Å². The van der Waals surface area contributed by atoms with Crippen LogP contribution >= 0.6 is 0 Å². The van der Waals surface area contributed by atoms with Crippen molar-refractivity contribution in [2.45, 2.75) is 57.0 Å². The predicted octanol–water partition coefficient (Wildman–Crippen LogP) is 0.686. The molecule has 3 fully saturated rings. The molecule has 2 heterocycles. The number of hydrogen-bond acceptors (Lipinski definition) is 3. The van der Waals surface area contributed by atoms with Crippen LogP contribution < -0.4 is 0 Å². The van der Waals surface area contributed by atoms with Gasteiger partial charge in [0.05, 0.1) is 17.3 Å². The van der Waals surface area contributed by atoms with Gasteiger partial charge in [0, 0.05) is 5.92 Å². The topological polar surface area (TPSA) is 49.7 Å². The van der Waals surface area contributed by atoms with Crippen molar-refractivity contribution < 1.29 is 14.9 Å². The SMILES string of the molecule is CC1(C)O[C@@]2(C)CC[C@@H]1C(O)C2O. The average molecular weight is 186 g/mol. The Morgan fingerprint density at radius 2 is 1.85 bits per heavy atom. The first-order valence-electron chi connectivity index (χ1n) is 4.93. The molecule has 0 aromatic heterocycles. The van der Waals surface area contributed by atoms with Crippen LogP contribution in [0.1, 0.15) is 33.6 Å². The van der Waals surface area contributed by atoms with Gasteiger partial charge < -0.3 is 14.9 Å². The van der Waals surface area contributed by atoms with Gasteiger partial charge in [0.1, 0.15) is 6.10 Å². The summed E-state index contributed by atoms with van der Waals surface area (Å²) in [5, 5.41) is 19.6. The molecule has 13 heavy (non-hydrogen) atoms. The van der Waals surface area contributed by atoms with Crippen molar-refractivity contribution in [2.75, 3.05) is 0 Å². The molecule has 2 aliphatic heterocycles. The maximum Gasteiger partial charge on any atom is 0.109 e. The summed E-state index contributed by atoms with van der Waals surface area (Å²) in [6, 6.07) is 0. The smallest absolute Gasteiger partial charge is 0.109 e. The Balaban J connectivity index is 2.34. The molecule has 1 aliphatic carbocycles. The molecular weight excluding hydrogens is 168 g/mol. The van der Waals surface area contributed by atoms with Crippen LogP contribution in [0.15, 0.2) is 0 Å². The van der Waals surface area contributed by atoms with E-state index in [0.717, 1.165) is 12.8 Å². The summed E-state index contributed by atoms with van der Waals surface area (Å²) >= 11 is 0. The molecule has 0 aromatic rings. The highest BCUT2D eigenvalue weighted by Crippen LogP contribution is 2.49. The van der Waals surface area contributed by atoms with Gasteiger partial charge in [0.25, 0.3) is 0 Å². The van der Waals surface area contributed by atoms with E-state index in [2.05, 4.69) is 0 Å². The van der Waals surface area contributed by atoms with Crippen molar-refractivity contribution in [1.29, 1.82) is 0 Å². The molecule has 4 atom stereocenters. The highest BCUT2D eigenvalue weighted by Gasteiger charge is 2.58. The second-order valence-electron chi connectivity index (χ2n) is 5.10. The fourth-order valence-corrected chi connectivity index (χ4v) is 2.89. The molecule has 3 nitrogen and oxygen atoms in total. The summed E-state index contributed by atoms with van der Waals surface area (Å²) in [5.74, 6) is 0.0734. The Bertz CT molecular complexity index is 226. The molecular formula is C10H18O3. The van der Waals surface area contributed by atoms with Gasteiger partial charge in [-0.1, -0.05) is 0 Å². The van der Waals surface area contributed by atoms with Crippen molar-refractivity contribution in [3.8, 4) is 0 Å². The Morgan fingerprint density at radius 3 is 2.31 bits per heavy atom. The molecule has 2 bridgehead atoms. The van der Waals surface area contributed by atoms with Crippen LogP contribution in [0, 0.1) is 5.92 Å². The third-order valence-electron chi connectivity index (χ3n) is 3.70. The van der Waals surface area contributed by atoms with Crippen LogP contribution in [-0.4, -0.2) is 33.6 Å². The van der Waals surface area contributed by atoms with Crippen molar-refractivity contribution >= 4 is 0 Å². The highest BCUT2D eigenvalue weighted by atomic mass is 16.5. The fourth-order valence-electron chi connectivity index (χ4n) is 2.89. The molecule has 0 aromatic carbocycles. The van der Waals surface area contributed by atoms with E-state index in [4.69, 9.17) is 4.74 Å². The molecule has 0 radical (unpaired) electrons. The summed E-state index contributed by atoms with van der Waals surface area (Å²) in [4.78, 5) is 0. The Morgan fingerprint density at radius 1 is 1.23 bits per heavy atom. The summed E-state index contributed by atoms with van der Waals surface area (Å²) in [7, 11) is 0. The maximum absolute atomic E-state index is 9.84. The second kappa shape index (κ2) is 2.47. The lowest BCUT2D eigenvalue weighted by atomic mass is 9.65. The number of aliphatic hydroxyl groups is 2. The minimum atomic E-state index is -0.723. The van der Waals surface area contributed by atoms with Crippen molar-refractivity contribution in [1.82, 2.24) is 0 Å². The van der Waals surface area contributed by atoms with Gasteiger partial charge >= 0.3 is 0 Å². The highest BCUT2D eigenvalue weighted by molar-refractivity contribution is 5.07. The summed E-state index contributed by atoms with van der Waals surface area (Å²) in [6.45, 7) is 5.87. The molecule has 76 valence electrons. The molecule has 0 spiro atoms. The van der Waals surface area contributed by atoms with Crippen molar-refractivity contribution in [2.24, 2.45) is 5.92 Å². The van der Waals surface area contributed by atoms with Crippen molar-refractivity contribution in [3.63, 3.8) is 0 Å². The zero-order chi connectivity index (χ0) is 9.85. The summed E-state index contributed by atoms with van der Waals surface area (Å²) in [5.41, 5.74) is -0.844. The third-order valence-corrected chi connectivity index (χ3v) is 3.70. The fraction of sp³-hybridized carbons (Fsp3) is 1.00. The van der Waals surface area contributed by atoms with Gasteiger partial charge in [0.15, 0.2) is 0 Å². The lowest BCUT2D eigenvalue weighted by Crippen LogP contribution is -2.68. The number of aliphatic hydroxyl groups excluding tert-OH is 2. The number of ether oxygens (including phenoxy) is 1. The van der Waals surface area contributed by atoms with E-state index in [1.807, 2.05) is 20.8 Å². The zero-order valence-electron chi connectivity index (χ0n) is 8.45. The number of fused-ring (bicyclic) bond motifs is 3. The lowest BCUT2D eigenvalue weighted by molar-refractivity contribution is -0.309. The zero-order valence-corrected chi connectivity index (χ0v) is 8.45. The molecule has 1 saturated carbocycles. The summed E-state index contributed by atoms with van der Waals surface area (Å²) in [6.07, 6.45) is 0.447. The standard InChI is InChI=1S/C10H18O3/c1-9(2)6-4-5-10(3,13-9)8(12)7(6)11/h6-8,11-12H,4-5H2,1-3H3/t6-,7?,8?,10+/m1/s1. The first-order valence-corrected chi connectivity index (χ1v) is 4.93. The monoisotopic (exact) mass is 186 g/mol. The van der Waals surface area contributed by atoms with Gasteiger partial charge in [-0.05, 0) is 33.6 Å². The van der Waals surface area contributed by atoms with Crippen LogP contribution in [0.2, 0.25) is 0 Å². The Hall–Kier alpha value is -0.120. The molecule has 3 rings (SSSR count). The summed E-state index contributed by atoms with van der Waals surface area (Å²) < 4.78 is 5.83. The predicted molar refractivity (Wildman–Crippen MR) is 48.3 cm³/mol. The largest absolute Gasteiger partial charge is 0.390 e. The Kier molecular flexibility index (Phi) is 1.79. The minimum Gasteiger partial charge on any atom is -0.390 e. The van der Waals surface area contributed by atoms with Crippen LogP contribution in [0.4, 0.5) is 0 Å². The minimum absolute atomic E-state index is 0.0734. The van der Waals surface area contributed by atoms with Crippen LogP contribution in [0.3, 0.4) is 0 Å². The molecule has 2 N–H and O–H groups in total. The van der Waals surface area contributed by atoms with E-state index in [9.17, 15) is 10.2 Å². The molecule has 3 aliphatic rings. The van der Waals surface area contributed by atoms with Gasteiger partial charge in [-0.3, -0.25) is 0 Å². The van der Waals surface area contributed by atoms with Gasteiger partial charge in [-0.15, -0.1) is 0 Å². The molecule has 3 heteroatoms. The molecule has 2 unspecified atom stereocenters. The first kappa shape index (κ1) is 9.44. The van der Waals surface area contributed by atoms with Crippen LogP contribution in [0.5, 0.6) is 0 Å². The first-order chi connectivity index (χ1) is 5.87. The van der Waals surface area contributed by atoms with Gasteiger partial charge in [0.2, 0.25) is 0 Å². The molecule has 2 saturated heterocycles. The normalized spacial score (nSPS) is 53.8. The number of rotatable bonds is 0. The average Bonchev–Trinajstić information content (AvgIpc) is 1.97. The van der Waals surface area contributed by atoms with E-state index in [1.54, 1.807) is 0 Å². The molecule has 0 amide bonds. The van der Waals surface area contributed by atoms with Crippen LogP contribution in [0.25, 0.3) is 0 Å². The van der Waals surface area contributed by atoms with Crippen LogP contribution in [-0.2, 0) is 4.74 Å². The van der Waals surface area contributed by atoms with E-state index in [-0.39, 0.29) is 11.5 Å². The third kappa shape index (κ3) is 1.14. The van der Waals surface area contributed by atoms with Gasteiger partial charge in [-0.2, -0.15) is 0 Å². The maximum atomic E-state index is 9.84. The van der Waals surface area contributed by atoms with Gasteiger partial charge in [-0.25, -0.2) is 0 Å². The quantitative estimate of drug-likeness (QED) is 0.585. The second-order valence-corrected chi connectivity index (χ2v) is 5.10. The lowest BCUT2D eigenvalue weighted by Gasteiger charge is -2.58. The van der Waals surface area contributed by atoms with E-state index in [1.165, 1.54) is 0 Å². The van der Waals surface area contributed by atoms with E-state index >= 15 is 0 Å². The van der Waals surface area contributed by atoms with E-state index < -0.39 is 17.8 Å². The Labute approximate surface area is 78.7 Å².